The molecule has 0 aliphatic carbocycles. The molecule has 0 unspecified atom stereocenters. The van der Waals surface area contributed by atoms with Crippen molar-refractivity contribution in [2.45, 2.75) is 0 Å². The summed E-state index contributed by atoms with van der Waals surface area (Å²) in [4.78, 5) is 12.9. The first-order valence-corrected chi connectivity index (χ1v) is 6.98. The first-order valence-electron chi connectivity index (χ1n) is 6.10. The Bertz CT molecular complexity index is 679. The summed E-state index contributed by atoms with van der Waals surface area (Å²) in [5.74, 6) is 1.03. The van der Waals surface area contributed by atoms with Crippen molar-refractivity contribution in [3.63, 3.8) is 0 Å². The average molecular weight is 284 g/mol. The molecule has 0 N–H and O–H groups in total. The van der Waals surface area contributed by atoms with Crippen LogP contribution < -0.4 is 4.74 Å². The van der Waals surface area contributed by atoms with Crippen LogP contribution in [-0.2, 0) is 9.53 Å². The van der Waals surface area contributed by atoms with E-state index in [4.69, 9.17) is 9.47 Å². The number of ether oxygens (including phenoxy) is 2. The first-order chi connectivity index (χ1) is 9.76. The van der Waals surface area contributed by atoms with E-state index in [1.807, 2.05) is 47.9 Å². The molecule has 2 aromatic rings. The van der Waals surface area contributed by atoms with Gasteiger partial charge in [-0.1, -0.05) is 6.07 Å². The van der Waals surface area contributed by atoms with Crippen LogP contribution in [-0.4, -0.2) is 13.1 Å². The molecule has 20 heavy (non-hydrogen) atoms. The van der Waals surface area contributed by atoms with E-state index in [1.165, 1.54) is 0 Å². The molecule has 1 aromatic carbocycles. The fraction of sp³-hybridized carbons (Fsp3) is 0.0625. The standard InChI is InChI=1S/C16H12O3S/c1-18-13-6-4-11(5-7-13)15-10-12(16(17)19-15)9-14-3-2-8-20-14/h2-10H,1H3/b12-9+. The van der Waals surface area contributed by atoms with Crippen molar-refractivity contribution < 1.29 is 14.3 Å². The van der Waals surface area contributed by atoms with Gasteiger partial charge in [-0.25, -0.2) is 4.79 Å². The number of esters is 1. The molecule has 4 heteroatoms. The zero-order valence-corrected chi connectivity index (χ0v) is 11.6. The van der Waals surface area contributed by atoms with Gasteiger partial charge in [0, 0.05) is 10.4 Å². The lowest BCUT2D eigenvalue weighted by Gasteiger charge is -2.03. The normalized spacial score (nSPS) is 16.1. The molecule has 1 aromatic heterocycles. The van der Waals surface area contributed by atoms with Crippen LogP contribution in [0.15, 0.2) is 53.4 Å². The summed E-state index contributed by atoms with van der Waals surface area (Å²) in [5.41, 5.74) is 1.42. The lowest BCUT2D eigenvalue weighted by atomic mass is 10.1. The molecule has 0 saturated heterocycles. The number of cyclic esters (lactones) is 1. The SMILES string of the molecule is COc1ccc(C2=C/C(=C\c3cccs3)C(=O)O2)cc1. The van der Waals surface area contributed by atoms with Crippen LogP contribution in [0.25, 0.3) is 11.8 Å². The maximum absolute atomic E-state index is 11.8. The number of hydrogen-bond acceptors (Lipinski definition) is 4. The molecular weight excluding hydrogens is 272 g/mol. The lowest BCUT2D eigenvalue weighted by Crippen LogP contribution is -1.96. The molecule has 3 nitrogen and oxygen atoms in total. The van der Waals surface area contributed by atoms with Crippen LogP contribution in [0.1, 0.15) is 10.4 Å². The second kappa shape index (κ2) is 5.35. The highest BCUT2D eigenvalue weighted by Gasteiger charge is 2.21. The van der Waals surface area contributed by atoms with Crippen molar-refractivity contribution in [2.75, 3.05) is 7.11 Å². The number of methoxy groups -OCH3 is 1. The molecule has 0 bridgehead atoms. The van der Waals surface area contributed by atoms with Gasteiger partial charge in [-0.3, -0.25) is 0 Å². The number of thiophene rings is 1. The number of hydrogen-bond donors (Lipinski definition) is 0. The van der Waals surface area contributed by atoms with Crippen molar-refractivity contribution in [1.82, 2.24) is 0 Å². The summed E-state index contributed by atoms with van der Waals surface area (Å²) in [5, 5.41) is 1.97. The first kappa shape index (κ1) is 12.7. The van der Waals surface area contributed by atoms with Crippen molar-refractivity contribution in [1.29, 1.82) is 0 Å². The smallest absolute Gasteiger partial charge is 0.343 e. The topological polar surface area (TPSA) is 35.5 Å². The summed E-state index contributed by atoms with van der Waals surface area (Å²) in [7, 11) is 1.62. The molecule has 0 fully saturated rings. The van der Waals surface area contributed by atoms with Gasteiger partial charge in [0.25, 0.3) is 0 Å². The fourth-order valence-corrected chi connectivity index (χ4v) is 2.58. The lowest BCUT2D eigenvalue weighted by molar-refractivity contribution is -0.130. The van der Waals surface area contributed by atoms with Gasteiger partial charge in [0.2, 0.25) is 0 Å². The molecular formula is C16H12O3S. The molecule has 3 rings (SSSR count). The van der Waals surface area contributed by atoms with Gasteiger partial charge >= 0.3 is 5.97 Å². The maximum Gasteiger partial charge on any atom is 0.343 e. The third kappa shape index (κ3) is 2.51. The predicted molar refractivity (Wildman–Crippen MR) is 79.4 cm³/mol. The number of carbonyl (C=O) groups excluding carboxylic acids is 1. The van der Waals surface area contributed by atoms with Gasteiger partial charge in [0.05, 0.1) is 12.7 Å². The molecule has 0 spiro atoms. The van der Waals surface area contributed by atoms with Gasteiger partial charge < -0.3 is 9.47 Å². The zero-order chi connectivity index (χ0) is 13.9. The van der Waals surface area contributed by atoms with Crippen LogP contribution in [0.4, 0.5) is 0 Å². The highest BCUT2D eigenvalue weighted by molar-refractivity contribution is 7.10. The Kier molecular flexibility index (Phi) is 3.39. The highest BCUT2D eigenvalue weighted by Crippen LogP contribution is 2.29. The Morgan fingerprint density at radius 2 is 2.00 bits per heavy atom. The van der Waals surface area contributed by atoms with E-state index in [-0.39, 0.29) is 5.97 Å². The van der Waals surface area contributed by atoms with Crippen molar-refractivity contribution in [3.8, 4) is 5.75 Å². The quantitative estimate of drug-likeness (QED) is 0.636. The van der Waals surface area contributed by atoms with E-state index in [0.717, 1.165) is 16.2 Å². The van der Waals surface area contributed by atoms with E-state index in [9.17, 15) is 4.79 Å². The van der Waals surface area contributed by atoms with Crippen LogP contribution in [0.2, 0.25) is 0 Å². The number of rotatable bonds is 3. The Morgan fingerprint density at radius 1 is 1.20 bits per heavy atom. The maximum atomic E-state index is 11.8. The zero-order valence-electron chi connectivity index (χ0n) is 10.8. The molecule has 2 heterocycles. The van der Waals surface area contributed by atoms with E-state index >= 15 is 0 Å². The molecule has 0 saturated carbocycles. The average Bonchev–Trinajstić information content (AvgIpc) is 3.10. The van der Waals surface area contributed by atoms with Crippen molar-refractivity contribution in [3.05, 3.63) is 63.9 Å². The van der Waals surface area contributed by atoms with E-state index < -0.39 is 0 Å². The minimum absolute atomic E-state index is 0.316. The monoisotopic (exact) mass is 284 g/mol. The van der Waals surface area contributed by atoms with Crippen LogP contribution in [0.5, 0.6) is 5.75 Å². The van der Waals surface area contributed by atoms with E-state index in [0.29, 0.717) is 11.3 Å². The summed E-state index contributed by atoms with van der Waals surface area (Å²) < 4.78 is 10.4. The third-order valence-corrected chi connectivity index (χ3v) is 3.76. The van der Waals surface area contributed by atoms with E-state index in [1.54, 1.807) is 24.5 Å². The highest BCUT2D eigenvalue weighted by atomic mass is 32.1. The van der Waals surface area contributed by atoms with Gasteiger partial charge in [0.1, 0.15) is 11.5 Å². The second-order valence-electron chi connectivity index (χ2n) is 4.24. The Hall–Kier alpha value is -2.33. The van der Waals surface area contributed by atoms with Gasteiger partial charge in [-0.15, -0.1) is 11.3 Å². The molecule has 100 valence electrons. The van der Waals surface area contributed by atoms with Gasteiger partial charge in [-0.05, 0) is 47.9 Å². The molecule has 0 amide bonds. The fourth-order valence-electron chi connectivity index (χ4n) is 1.91. The van der Waals surface area contributed by atoms with Crippen molar-refractivity contribution >= 4 is 29.1 Å². The number of carbonyl (C=O) groups is 1. The van der Waals surface area contributed by atoms with Crippen molar-refractivity contribution in [2.24, 2.45) is 0 Å². The Morgan fingerprint density at radius 3 is 2.65 bits per heavy atom. The Labute approximate surface area is 120 Å². The minimum atomic E-state index is -0.316. The van der Waals surface area contributed by atoms with Gasteiger partial charge in [0.15, 0.2) is 0 Å². The summed E-state index contributed by atoms with van der Waals surface area (Å²) in [6.07, 6.45) is 3.60. The minimum Gasteiger partial charge on any atom is -0.497 e. The number of benzene rings is 1. The molecule has 0 atom stereocenters. The molecule has 1 aliphatic heterocycles. The third-order valence-electron chi connectivity index (χ3n) is 2.94. The van der Waals surface area contributed by atoms with Crippen LogP contribution in [0.3, 0.4) is 0 Å². The van der Waals surface area contributed by atoms with Gasteiger partial charge in [-0.2, -0.15) is 0 Å². The molecule has 0 radical (unpaired) electrons. The summed E-state index contributed by atoms with van der Waals surface area (Å²) >= 11 is 1.58. The summed E-state index contributed by atoms with van der Waals surface area (Å²) in [6, 6.07) is 11.3. The van der Waals surface area contributed by atoms with Crippen LogP contribution >= 0.6 is 11.3 Å². The molecule has 1 aliphatic rings. The predicted octanol–water partition coefficient (Wildman–Crippen LogP) is 3.74. The van der Waals surface area contributed by atoms with E-state index in [2.05, 4.69) is 0 Å². The Balaban J connectivity index is 1.89. The summed E-state index contributed by atoms with van der Waals surface area (Å²) in [6.45, 7) is 0. The second-order valence-corrected chi connectivity index (χ2v) is 5.22. The van der Waals surface area contributed by atoms with Crippen LogP contribution in [0, 0.1) is 0 Å². The largest absolute Gasteiger partial charge is 0.497 e.